The molecule has 1 N–H and O–H groups in total. The van der Waals surface area contributed by atoms with Crippen LogP contribution in [-0.4, -0.2) is 29.9 Å². The van der Waals surface area contributed by atoms with E-state index in [4.69, 9.17) is 14.6 Å². The van der Waals surface area contributed by atoms with Crippen LogP contribution in [-0.2, 0) is 9.59 Å². The molecule has 0 saturated heterocycles. The van der Waals surface area contributed by atoms with E-state index in [1.54, 1.807) is 0 Å². The summed E-state index contributed by atoms with van der Waals surface area (Å²) in [5.74, 6) is -1.92. The van der Waals surface area contributed by atoms with Crippen molar-refractivity contribution in [3.63, 3.8) is 0 Å². The third kappa shape index (κ3) is 3.68. The fraction of sp³-hybridized carbons (Fsp3) is 0.214. The number of carbonyl (C=O) groups excluding carboxylic acids is 2. The van der Waals surface area contributed by atoms with Crippen LogP contribution in [0.2, 0.25) is 0 Å². The van der Waals surface area contributed by atoms with Crippen molar-refractivity contribution in [3.8, 4) is 11.5 Å². The molecular formula is C14H14O6. The number of ketones is 1. The first kappa shape index (κ1) is 15.4. The van der Waals surface area contributed by atoms with Gasteiger partial charge in [0.15, 0.2) is 17.3 Å². The maximum atomic E-state index is 11.8. The average molecular weight is 278 g/mol. The minimum absolute atomic E-state index is 0.0139. The van der Waals surface area contributed by atoms with Crippen LogP contribution < -0.4 is 9.47 Å². The Labute approximate surface area is 115 Å². The van der Waals surface area contributed by atoms with Crippen molar-refractivity contribution in [2.24, 2.45) is 0 Å². The molecule has 0 aliphatic carbocycles. The Kier molecular flexibility index (Phi) is 5.02. The van der Waals surface area contributed by atoms with Crippen molar-refractivity contribution in [1.29, 1.82) is 0 Å². The SMILES string of the molecule is COc1ccc(C=CC(=O)O)c(C(C)=O)c1OC(C)=O. The topological polar surface area (TPSA) is 89.9 Å². The first-order valence-electron chi connectivity index (χ1n) is 5.68. The van der Waals surface area contributed by atoms with Gasteiger partial charge in [-0.25, -0.2) is 4.79 Å². The first-order valence-corrected chi connectivity index (χ1v) is 5.68. The molecule has 1 aromatic carbocycles. The number of carboxylic acids is 1. The predicted octanol–water partition coefficient (Wildman–Crippen LogP) is 1.92. The Morgan fingerprint density at radius 1 is 1.20 bits per heavy atom. The van der Waals surface area contributed by atoms with E-state index in [0.717, 1.165) is 6.08 Å². The summed E-state index contributed by atoms with van der Waals surface area (Å²) in [6, 6.07) is 3.01. The predicted molar refractivity (Wildman–Crippen MR) is 71.0 cm³/mol. The van der Waals surface area contributed by atoms with Crippen LogP contribution in [0.1, 0.15) is 29.8 Å². The highest BCUT2D eigenvalue weighted by Gasteiger charge is 2.19. The van der Waals surface area contributed by atoms with Gasteiger partial charge >= 0.3 is 11.9 Å². The van der Waals surface area contributed by atoms with E-state index in [1.165, 1.54) is 39.2 Å². The largest absolute Gasteiger partial charge is 0.493 e. The molecule has 0 bridgehead atoms. The van der Waals surface area contributed by atoms with E-state index >= 15 is 0 Å². The summed E-state index contributed by atoms with van der Waals surface area (Å²) in [5.41, 5.74) is 0.425. The molecule has 1 aromatic rings. The minimum atomic E-state index is -1.15. The van der Waals surface area contributed by atoms with Crippen molar-refractivity contribution < 1.29 is 29.0 Å². The summed E-state index contributed by atoms with van der Waals surface area (Å²) < 4.78 is 10.1. The summed E-state index contributed by atoms with van der Waals surface area (Å²) >= 11 is 0. The molecule has 0 amide bonds. The molecule has 0 atom stereocenters. The number of methoxy groups -OCH3 is 1. The highest BCUT2D eigenvalue weighted by molar-refractivity contribution is 6.02. The number of carbonyl (C=O) groups is 3. The van der Waals surface area contributed by atoms with Crippen LogP contribution in [0, 0.1) is 0 Å². The highest BCUT2D eigenvalue weighted by Crippen LogP contribution is 2.34. The fourth-order valence-electron chi connectivity index (χ4n) is 1.65. The Bertz CT molecular complexity index is 586. The molecule has 1 rings (SSSR count). The smallest absolute Gasteiger partial charge is 0.328 e. The van der Waals surface area contributed by atoms with Gasteiger partial charge in [0.1, 0.15) is 0 Å². The molecule has 0 spiro atoms. The van der Waals surface area contributed by atoms with E-state index in [0.29, 0.717) is 5.56 Å². The number of benzene rings is 1. The lowest BCUT2D eigenvalue weighted by Crippen LogP contribution is -2.09. The first-order chi connectivity index (χ1) is 9.36. The fourth-order valence-corrected chi connectivity index (χ4v) is 1.65. The quantitative estimate of drug-likeness (QED) is 0.383. The third-order valence-corrected chi connectivity index (χ3v) is 2.38. The van der Waals surface area contributed by atoms with Gasteiger partial charge in [0.2, 0.25) is 0 Å². The van der Waals surface area contributed by atoms with Crippen molar-refractivity contribution in [2.75, 3.05) is 7.11 Å². The van der Waals surface area contributed by atoms with Gasteiger partial charge in [-0.1, -0.05) is 6.07 Å². The summed E-state index contributed by atoms with van der Waals surface area (Å²) in [6.45, 7) is 2.49. The van der Waals surface area contributed by atoms with Gasteiger partial charge in [-0.05, 0) is 24.6 Å². The molecule has 6 nitrogen and oxygen atoms in total. The molecule has 0 radical (unpaired) electrons. The normalized spacial score (nSPS) is 10.3. The number of hydrogen-bond donors (Lipinski definition) is 1. The van der Waals surface area contributed by atoms with E-state index in [2.05, 4.69) is 0 Å². The number of carboxylic acid groups (broad SMARTS) is 1. The van der Waals surface area contributed by atoms with Crippen LogP contribution >= 0.6 is 0 Å². The van der Waals surface area contributed by atoms with Crippen LogP contribution in [0.15, 0.2) is 18.2 Å². The second-order valence-corrected chi connectivity index (χ2v) is 3.88. The van der Waals surface area contributed by atoms with Gasteiger partial charge in [-0.3, -0.25) is 9.59 Å². The van der Waals surface area contributed by atoms with E-state index < -0.39 is 11.9 Å². The zero-order valence-corrected chi connectivity index (χ0v) is 11.3. The molecular weight excluding hydrogens is 264 g/mol. The highest BCUT2D eigenvalue weighted by atomic mass is 16.6. The van der Waals surface area contributed by atoms with Crippen molar-refractivity contribution in [1.82, 2.24) is 0 Å². The zero-order chi connectivity index (χ0) is 15.3. The Morgan fingerprint density at radius 2 is 1.85 bits per heavy atom. The van der Waals surface area contributed by atoms with Crippen LogP contribution in [0.25, 0.3) is 6.08 Å². The summed E-state index contributed by atoms with van der Waals surface area (Å²) in [5, 5.41) is 8.64. The van der Waals surface area contributed by atoms with Gasteiger partial charge in [-0.15, -0.1) is 0 Å². The van der Waals surface area contributed by atoms with E-state index in [9.17, 15) is 14.4 Å². The Hall–Kier alpha value is -2.63. The van der Waals surface area contributed by atoms with Crippen LogP contribution in [0.5, 0.6) is 11.5 Å². The van der Waals surface area contributed by atoms with Crippen LogP contribution in [0.3, 0.4) is 0 Å². The lowest BCUT2D eigenvalue weighted by Gasteiger charge is -2.13. The molecule has 6 heteroatoms. The standard InChI is InChI=1S/C14H14O6/c1-8(15)13-10(5-7-12(17)18)4-6-11(19-3)14(13)20-9(2)16/h4-7H,1-3H3,(H,17,18). The zero-order valence-electron chi connectivity index (χ0n) is 11.3. The summed E-state index contributed by atoms with van der Waals surface area (Å²) in [7, 11) is 1.37. The molecule has 0 heterocycles. The number of hydrogen-bond acceptors (Lipinski definition) is 5. The monoisotopic (exact) mass is 278 g/mol. The molecule has 0 aliphatic heterocycles. The maximum absolute atomic E-state index is 11.8. The summed E-state index contributed by atoms with van der Waals surface area (Å²) in [4.78, 5) is 33.4. The molecule has 0 saturated carbocycles. The maximum Gasteiger partial charge on any atom is 0.328 e. The molecule has 106 valence electrons. The Morgan fingerprint density at radius 3 is 2.30 bits per heavy atom. The van der Waals surface area contributed by atoms with Crippen molar-refractivity contribution >= 4 is 23.8 Å². The van der Waals surface area contributed by atoms with Gasteiger partial charge in [-0.2, -0.15) is 0 Å². The minimum Gasteiger partial charge on any atom is -0.493 e. The molecule has 0 aromatic heterocycles. The van der Waals surface area contributed by atoms with Gasteiger partial charge in [0.05, 0.1) is 12.7 Å². The van der Waals surface area contributed by atoms with Gasteiger partial charge < -0.3 is 14.6 Å². The molecule has 0 aliphatic rings. The number of esters is 1. The van der Waals surface area contributed by atoms with Crippen molar-refractivity contribution in [3.05, 3.63) is 29.3 Å². The van der Waals surface area contributed by atoms with Crippen molar-refractivity contribution in [2.45, 2.75) is 13.8 Å². The molecule has 0 unspecified atom stereocenters. The number of aliphatic carboxylic acids is 1. The second kappa shape index (κ2) is 6.51. The van der Waals surface area contributed by atoms with Crippen LogP contribution in [0.4, 0.5) is 0 Å². The van der Waals surface area contributed by atoms with Gasteiger partial charge in [0.25, 0.3) is 0 Å². The number of Topliss-reactive ketones (excluding diaryl/α,β-unsaturated/α-hetero) is 1. The van der Waals surface area contributed by atoms with E-state index in [-0.39, 0.29) is 22.8 Å². The van der Waals surface area contributed by atoms with Gasteiger partial charge in [0, 0.05) is 13.0 Å². The third-order valence-electron chi connectivity index (χ3n) is 2.38. The second-order valence-electron chi connectivity index (χ2n) is 3.88. The number of ether oxygens (including phenoxy) is 2. The molecule has 0 fully saturated rings. The lowest BCUT2D eigenvalue weighted by atomic mass is 10.0. The average Bonchev–Trinajstić information content (AvgIpc) is 2.35. The summed E-state index contributed by atoms with van der Waals surface area (Å²) in [6.07, 6.45) is 2.15. The Balaban J connectivity index is 3.50. The van der Waals surface area contributed by atoms with E-state index in [1.807, 2.05) is 0 Å². The molecule has 20 heavy (non-hydrogen) atoms. The lowest BCUT2D eigenvalue weighted by molar-refractivity contribution is -0.132. The number of rotatable bonds is 5.